The predicted octanol–water partition coefficient (Wildman–Crippen LogP) is 2.78. The first-order valence-electron chi connectivity index (χ1n) is 8.61. The lowest BCUT2D eigenvalue weighted by Gasteiger charge is -2.34. The van der Waals surface area contributed by atoms with E-state index in [9.17, 15) is 9.59 Å². The van der Waals surface area contributed by atoms with Crippen molar-refractivity contribution in [2.75, 3.05) is 0 Å². The molecule has 0 aromatic carbocycles. The van der Waals surface area contributed by atoms with Crippen LogP contribution in [0.5, 0.6) is 0 Å². The van der Waals surface area contributed by atoms with Gasteiger partial charge in [-0.1, -0.05) is 20.8 Å². The fourth-order valence-electron chi connectivity index (χ4n) is 4.41. The van der Waals surface area contributed by atoms with Crippen molar-refractivity contribution >= 4 is 33.2 Å². The van der Waals surface area contributed by atoms with Crippen LogP contribution in [0.1, 0.15) is 40.0 Å². The monoisotopic (exact) mass is 358 g/mol. The van der Waals surface area contributed by atoms with E-state index in [1.165, 1.54) is 28.7 Å². The Balaban J connectivity index is 1.50. The third-order valence-corrected chi connectivity index (χ3v) is 7.47. The molecular formula is C18H22N4O2S. The van der Waals surface area contributed by atoms with E-state index in [4.69, 9.17) is 0 Å². The van der Waals surface area contributed by atoms with Gasteiger partial charge in [0.15, 0.2) is 0 Å². The van der Waals surface area contributed by atoms with Crippen molar-refractivity contribution in [2.24, 2.45) is 21.8 Å². The van der Waals surface area contributed by atoms with Gasteiger partial charge in [-0.25, -0.2) is 10.4 Å². The average molecular weight is 358 g/mol. The van der Waals surface area contributed by atoms with E-state index in [0.717, 1.165) is 18.6 Å². The molecule has 132 valence electrons. The number of amides is 1. The molecule has 2 aliphatic carbocycles. The SMILES string of the molecule is CC12CCC(C/C1=N\NC(=O)Cn1cnc3ccsc3c1=O)C2(C)C. The third kappa shape index (κ3) is 2.36. The highest BCUT2D eigenvalue weighted by Gasteiger charge is 2.59. The van der Waals surface area contributed by atoms with Crippen LogP contribution in [0.2, 0.25) is 0 Å². The van der Waals surface area contributed by atoms with Crippen LogP contribution >= 0.6 is 11.3 Å². The zero-order valence-corrected chi connectivity index (χ0v) is 15.5. The molecule has 2 fully saturated rings. The molecule has 0 spiro atoms. The lowest BCUT2D eigenvalue weighted by atomic mass is 9.70. The average Bonchev–Trinajstić information content (AvgIpc) is 3.18. The molecule has 6 nitrogen and oxygen atoms in total. The minimum Gasteiger partial charge on any atom is -0.288 e. The number of aromatic nitrogens is 2. The molecule has 0 saturated heterocycles. The summed E-state index contributed by atoms with van der Waals surface area (Å²) in [6.45, 7) is 6.79. The van der Waals surface area contributed by atoms with Crippen LogP contribution in [0.4, 0.5) is 0 Å². The molecule has 2 aromatic rings. The van der Waals surface area contributed by atoms with Gasteiger partial charge in [0.2, 0.25) is 0 Å². The summed E-state index contributed by atoms with van der Waals surface area (Å²) in [5.41, 5.74) is 4.50. The fourth-order valence-corrected chi connectivity index (χ4v) is 5.20. The first-order valence-corrected chi connectivity index (χ1v) is 9.49. The first-order chi connectivity index (χ1) is 11.8. The van der Waals surface area contributed by atoms with E-state index in [2.05, 4.69) is 36.3 Å². The molecule has 1 amide bonds. The largest absolute Gasteiger partial charge is 0.288 e. The number of fused-ring (bicyclic) bond motifs is 3. The Morgan fingerprint density at radius 2 is 2.28 bits per heavy atom. The van der Waals surface area contributed by atoms with Gasteiger partial charge in [0.05, 0.1) is 11.8 Å². The van der Waals surface area contributed by atoms with Crippen molar-refractivity contribution in [1.29, 1.82) is 0 Å². The van der Waals surface area contributed by atoms with Gasteiger partial charge in [-0.15, -0.1) is 11.3 Å². The van der Waals surface area contributed by atoms with Gasteiger partial charge in [0.1, 0.15) is 11.2 Å². The Hall–Kier alpha value is -2.02. The Kier molecular flexibility index (Phi) is 3.61. The summed E-state index contributed by atoms with van der Waals surface area (Å²) in [7, 11) is 0. The zero-order chi connectivity index (χ0) is 17.8. The van der Waals surface area contributed by atoms with Crippen LogP contribution in [-0.4, -0.2) is 21.2 Å². The molecule has 1 N–H and O–H groups in total. The molecule has 2 bridgehead atoms. The maximum Gasteiger partial charge on any atom is 0.271 e. The molecule has 0 aliphatic heterocycles. The van der Waals surface area contributed by atoms with E-state index in [0.29, 0.717) is 16.1 Å². The van der Waals surface area contributed by atoms with Crippen molar-refractivity contribution in [3.05, 3.63) is 28.1 Å². The highest BCUT2D eigenvalue weighted by atomic mass is 32.1. The van der Waals surface area contributed by atoms with Crippen molar-refractivity contribution in [2.45, 2.75) is 46.6 Å². The van der Waals surface area contributed by atoms with Crippen LogP contribution in [0.3, 0.4) is 0 Å². The van der Waals surface area contributed by atoms with Crippen molar-refractivity contribution in [1.82, 2.24) is 15.0 Å². The van der Waals surface area contributed by atoms with E-state index >= 15 is 0 Å². The van der Waals surface area contributed by atoms with Gasteiger partial charge in [-0.05, 0) is 42.0 Å². The van der Waals surface area contributed by atoms with Gasteiger partial charge in [-0.3, -0.25) is 14.2 Å². The molecule has 7 heteroatoms. The molecule has 2 aliphatic rings. The number of hydrogen-bond acceptors (Lipinski definition) is 5. The first kappa shape index (κ1) is 16.4. The summed E-state index contributed by atoms with van der Waals surface area (Å²) >= 11 is 1.34. The minimum atomic E-state index is -0.295. The maximum atomic E-state index is 12.3. The molecule has 2 atom stereocenters. The molecule has 0 radical (unpaired) electrons. The number of rotatable bonds is 3. The Bertz CT molecular complexity index is 942. The standard InChI is InChI=1S/C18H22N4O2S/c1-17(2)11-4-6-18(17,3)13(8-11)20-21-14(23)9-22-10-19-12-5-7-25-15(12)16(22)24/h5,7,10-11H,4,6,8-9H2,1-3H3,(H,21,23)/b20-13+. The van der Waals surface area contributed by atoms with Crippen LogP contribution < -0.4 is 11.0 Å². The van der Waals surface area contributed by atoms with Crippen molar-refractivity contribution < 1.29 is 4.79 Å². The molecule has 2 unspecified atom stereocenters. The van der Waals surface area contributed by atoms with Gasteiger partial charge in [-0.2, -0.15) is 5.10 Å². The molecule has 25 heavy (non-hydrogen) atoms. The number of hydrogen-bond donors (Lipinski definition) is 1. The maximum absolute atomic E-state index is 12.3. The number of thiophene rings is 1. The molecule has 2 aromatic heterocycles. The highest BCUT2D eigenvalue weighted by Crippen LogP contribution is 2.63. The zero-order valence-electron chi connectivity index (χ0n) is 14.7. The summed E-state index contributed by atoms with van der Waals surface area (Å²) in [6, 6.07) is 1.80. The van der Waals surface area contributed by atoms with Crippen LogP contribution in [0.25, 0.3) is 10.2 Å². The second kappa shape index (κ2) is 5.49. The van der Waals surface area contributed by atoms with Crippen LogP contribution in [0.15, 0.2) is 27.7 Å². The van der Waals surface area contributed by atoms with Crippen LogP contribution in [-0.2, 0) is 11.3 Å². The summed E-state index contributed by atoms with van der Waals surface area (Å²) in [5.74, 6) is 0.345. The Morgan fingerprint density at radius 1 is 1.48 bits per heavy atom. The van der Waals surface area contributed by atoms with Gasteiger partial charge < -0.3 is 0 Å². The number of carbonyl (C=O) groups is 1. The Morgan fingerprint density at radius 3 is 2.96 bits per heavy atom. The summed E-state index contributed by atoms with van der Waals surface area (Å²) in [6.07, 6.45) is 4.73. The fraction of sp³-hybridized carbons (Fsp3) is 0.556. The molecule has 4 rings (SSSR count). The second-order valence-corrected chi connectivity index (χ2v) is 8.82. The van der Waals surface area contributed by atoms with E-state index < -0.39 is 0 Å². The number of nitrogens with one attached hydrogen (secondary N) is 1. The highest BCUT2D eigenvalue weighted by molar-refractivity contribution is 7.17. The van der Waals surface area contributed by atoms with Crippen molar-refractivity contribution in [3.63, 3.8) is 0 Å². The van der Waals surface area contributed by atoms with E-state index in [1.807, 2.05) is 5.38 Å². The normalized spacial score (nSPS) is 28.8. The lowest BCUT2D eigenvalue weighted by Crippen LogP contribution is -2.35. The predicted molar refractivity (Wildman–Crippen MR) is 98.7 cm³/mol. The smallest absolute Gasteiger partial charge is 0.271 e. The van der Waals surface area contributed by atoms with E-state index in [-0.39, 0.29) is 28.8 Å². The summed E-state index contributed by atoms with van der Waals surface area (Å²) < 4.78 is 1.91. The third-order valence-electron chi connectivity index (χ3n) is 6.58. The topological polar surface area (TPSA) is 76.3 Å². The van der Waals surface area contributed by atoms with Gasteiger partial charge in [0, 0.05) is 11.1 Å². The van der Waals surface area contributed by atoms with Gasteiger partial charge >= 0.3 is 0 Å². The summed E-state index contributed by atoms with van der Waals surface area (Å²) in [5, 5.41) is 6.26. The number of nitrogens with zero attached hydrogens (tertiary/aromatic N) is 3. The molecular weight excluding hydrogens is 336 g/mol. The second-order valence-electron chi connectivity index (χ2n) is 7.90. The summed E-state index contributed by atoms with van der Waals surface area (Å²) in [4.78, 5) is 28.8. The molecule has 2 saturated carbocycles. The van der Waals surface area contributed by atoms with E-state index in [1.54, 1.807) is 6.07 Å². The molecule has 2 heterocycles. The Labute approximate surface area is 150 Å². The van der Waals surface area contributed by atoms with Crippen LogP contribution in [0, 0.1) is 16.7 Å². The number of hydrazone groups is 1. The lowest BCUT2D eigenvalue weighted by molar-refractivity contribution is -0.121. The quantitative estimate of drug-likeness (QED) is 0.857. The van der Waals surface area contributed by atoms with Gasteiger partial charge in [0.25, 0.3) is 11.5 Å². The number of carbonyl (C=O) groups excluding carboxylic acids is 1. The minimum absolute atomic E-state index is 0.0548. The van der Waals surface area contributed by atoms with Crippen molar-refractivity contribution in [3.8, 4) is 0 Å².